The minimum atomic E-state index is -1.07. The molecule has 4 atom stereocenters. The van der Waals surface area contributed by atoms with Gasteiger partial charge in [0.15, 0.2) is 12.1 Å². The number of amides is 1. The normalized spacial score (nSPS) is 24.2. The second-order valence-electron chi connectivity index (χ2n) is 7.07. The molecule has 1 fully saturated rings. The van der Waals surface area contributed by atoms with Crippen molar-refractivity contribution in [2.45, 2.75) is 57.7 Å². The Balaban J connectivity index is 2.44. The molecular weight excluding hydrogens is 348 g/mol. The maximum absolute atomic E-state index is 13.1. The summed E-state index contributed by atoms with van der Waals surface area (Å²) in [5.41, 5.74) is 6.89. The van der Waals surface area contributed by atoms with Crippen molar-refractivity contribution in [2.75, 3.05) is 13.2 Å². The van der Waals surface area contributed by atoms with Crippen molar-refractivity contribution in [3.8, 4) is 0 Å². The van der Waals surface area contributed by atoms with Crippen LogP contribution in [0.3, 0.4) is 0 Å². The molecule has 148 valence electrons. The van der Waals surface area contributed by atoms with Crippen LogP contribution in [0.15, 0.2) is 30.3 Å². The summed E-state index contributed by atoms with van der Waals surface area (Å²) < 4.78 is 4.80. The predicted octanol–water partition coefficient (Wildman–Crippen LogP) is 1.49. The van der Waals surface area contributed by atoms with E-state index in [4.69, 9.17) is 10.5 Å². The number of rotatable bonds is 8. The van der Waals surface area contributed by atoms with Crippen molar-refractivity contribution < 1.29 is 28.7 Å². The van der Waals surface area contributed by atoms with Crippen LogP contribution in [0.5, 0.6) is 0 Å². The van der Waals surface area contributed by atoms with Gasteiger partial charge in [-0.3, -0.25) is 0 Å². The van der Waals surface area contributed by atoms with Gasteiger partial charge < -0.3 is 15.6 Å². The highest BCUT2D eigenvalue weighted by Crippen LogP contribution is 2.35. The molecule has 7 nitrogen and oxygen atoms in total. The third kappa shape index (κ3) is 4.36. The zero-order valence-corrected chi connectivity index (χ0v) is 16.0. The Morgan fingerprint density at radius 2 is 1.96 bits per heavy atom. The second-order valence-corrected chi connectivity index (χ2v) is 7.07. The molecule has 0 aliphatic carbocycles. The molecule has 1 amide bonds. The van der Waals surface area contributed by atoms with Crippen LogP contribution in [0.4, 0.5) is 0 Å². The summed E-state index contributed by atoms with van der Waals surface area (Å²) in [5, 5.41) is 9.76. The number of carbonyl (C=O) groups excluding carboxylic acids is 2. The van der Waals surface area contributed by atoms with E-state index >= 15 is 0 Å². The molecule has 2 rings (SSSR count). The van der Waals surface area contributed by atoms with Gasteiger partial charge in [-0.1, -0.05) is 30.3 Å². The van der Waals surface area contributed by atoms with Gasteiger partial charge in [0.2, 0.25) is 0 Å². The van der Waals surface area contributed by atoms with Gasteiger partial charge >= 0.3 is 17.8 Å². The van der Waals surface area contributed by atoms with Crippen LogP contribution >= 0.6 is 0 Å². The Labute approximate surface area is 159 Å². The van der Waals surface area contributed by atoms with Gasteiger partial charge in [-0.15, -0.1) is 0 Å². The van der Waals surface area contributed by atoms with Crippen LogP contribution in [0.25, 0.3) is 0 Å². The number of hydrogen-bond donors (Lipinski definition) is 2. The van der Waals surface area contributed by atoms with Gasteiger partial charge in [0, 0.05) is 19.3 Å². The molecule has 3 N–H and O–H groups in total. The van der Waals surface area contributed by atoms with E-state index in [0.717, 1.165) is 5.56 Å². The molecule has 1 saturated heterocycles. The number of ether oxygens (including phenoxy) is 1. The van der Waals surface area contributed by atoms with Crippen molar-refractivity contribution >= 4 is 17.8 Å². The van der Waals surface area contributed by atoms with E-state index in [0.29, 0.717) is 25.7 Å². The maximum Gasteiger partial charge on any atom is 0.365 e. The minimum Gasteiger partial charge on any atom is -0.477 e. The van der Waals surface area contributed by atoms with E-state index in [1.807, 2.05) is 30.3 Å². The number of carbonyl (C=O) groups is 3. The molecule has 1 aromatic rings. The van der Waals surface area contributed by atoms with Crippen molar-refractivity contribution in [3.63, 3.8) is 0 Å². The summed E-state index contributed by atoms with van der Waals surface area (Å²) in [6, 6.07) is 6.88. The van der Waals surface area contributed by atoms with E-state index in [1.54, 1.807) is 13.8 Å². The van der Waals surface area contributed by atoms with E-state index in [-0.39, 0.29) is 13.2 Å². The Morgan fingerprint density at radius 3 is 2.52 bits per heavy atom. The van der Waals surface area contributed by atoms with E-state index in [2.05, 4.69) is 0 Å². The maximum atomic E-state index is 13.1. The van der Waals surface area contributed by atoms with Gasteiger partial charge in [0.25, 0.3) is 0 Å². The summed E-state index contributed by atoms with van der Waals surface area (Å²) in [6.07, 6.45) is 1.76. The topological polar surface area (TPSA) is 107 Å². The number of likely N-dealkylation sites (tertiary alicyclic amines) is 1. The quantitative estimate of drug-likeness (QED) is 0.525. The number of aryl methyl sites for hydroxylation is 1. The molecule has 7 heteroatoms. The number of benzene rings is 1. The highest BCUT2D eigenvalue weighted by atomic mass is 16.5. The largest absolute Gasteiger partial charge is 0.477 e. The number of aliphatic carboxylic acids is 1. The predicted molar refractivity (Wildman–Crippen MR) is 99.6 cm³/mol. The molecule has 27 heavy (non-hydrogen) atoms. The lowest BCUT2D eigenvalue weighted by Crippen LogP contribution is -2.69. The molecule has 0 radical (unpaired) electrons. The SMILES string of the molecule is CCOC(=O)C(CCc1ccccc1)[N@+]1(C(=O)C(C)N)CCC[C@H]1C(=O)O. The van der Waals surface area contributed by atoms with Gasteiger partial charge in [-0.25, -0.2) is 18.9 Å². The average Bonchev–Trinajstić information content (AvgIpc) is 3.08. The summed E-state index contributed by atoms with van der Waals surface area (Å²) in [4.78, 5) is 37.9. The fraction of sp³-hybridized carbons (Fsp3) is 0.550. The third-order valence-electron chi connectivity index (χ3n) is 5.31. The number of esters is 1. The van der Waals surface area contributed by atoms with Gasteiger partial charge in [-0.05, 0) is 25.8 Å². The standard InChI is InChI=1S/C20H28N2O5/c1-3-27-20(26)17(12-11-15-8-5-4-6-9-15)22(18(23)14(2)21)13-7-10-16(22)19(24)25/h4-6,8-9,14,16-17H,3,7,10-13,21H2,1-2H3/p+1/t14?,16-,17?,22-/m0/s1. The first kappa shape index (κ1) is 21.1. The molecule has 2 unspecified atom stereocenters. The Hall–Kier alpha value is -2.25. The van der Waals surface area contributed by atoms with Crippen LogP contribution in [0.2, 0.25) is 0 Å². The Kier molecular flexibility index (Phi) is 7.10. The lowest BCUT2D eigenvalue weighted by Gasteiger charge is -2.41. The fourth-order valence-corrected chi connectivity index (χ4v) is 4.15. The number of carboxylic acids is 1. The second kappa shape index (κ2) is 9.10. The zero-order chi connectivity index (χ0) is 20.0. The van der Waals surface area contributed by atoms with Crippen molar-refractivity contribution in [2.24, 2.45) is 5.73 Å². The summed E-state index contributed by atoms with van der Waals surface area (Å²) in [6.45, 7) is 3.70. The molecule has 1 aromatic carbocycles. The highest BCUT2D eigenvalue weighted by Gasteiger charge is 2.59. The molecule has 0 aromatic heterocycles. The molecule has 0 saturated carbocycles. The molecule has 1 aliphatic rings. The van der Waals surface area contributed by atoms with E-state index in [1.165, 1.54) is 0 Å². The van der Waals surface area contributed by atoms with Gasteiger partial charge in [-0.2, -0.15) is 0 Å². The number of nitrogens with zero attached hydrogens (tertiary/aromatic N) is 1. The van der Waals surface area contributed by atoms with E-state index < -0.39 is 40.5 Å². The van der Waals surface area contributed by atoms with Crippen LogP contribution in [-0.4, -0.2) is 58.7 Å². The molecule has 0 bridgehead atoms. The van der Waals surface area contributed by atoms with Crippen LogP contribution in [-0.2, 0) is 25.5 Å². The van der Waals surface area contributed by atoms with Gasteiger partial charge in [0.05, 0.1) is 13.2 Å². The lowest BCUT2D eigenvalue weighted by atomic mass is 9.98. The third-order valence-corrected chi connectivity index (χ3v) is 5.31. The smallest absolute Gasteiger partial charge is 0.365 e. The first-order valence-corrected chi connectivity index (χ1v) is 9.45. The molecular formula is C20H29N2O5+. The summed E-state index contributed by atoms with van der Waals surface area (Å²) in [7, 11) is 0. The average molecular weight is 377 g/mol. The number of quaternary nitrogens is 1. The Morgan fingerprint density at radius 1 is 1.30 bits per heavy atom. The zero-order valence-electron chi connectivity index (χ0n) is 16.0. The fourth-order valence-electron chi connectivity index (χ4n) is 4.15. The minimum absolute atomic E-state index is 0.171. The summed E-state index contributed by atoms with van der Waals surface area (Å²) >= 11 is 0. The number of hydrogen-bond acceptors (Lipinski definition) is 5. The Bertz CT molecular complexity index is 676. The van der Waals surface area contributed by atoms with E-state index in [9.17, 15) is 19.5 Å². The molecule has 0 spiro atoms. The highest BCUT2D eigenvalue weighted by molar-refractivity contribution is 5.85. The lowest BCUT2D eigenvalue weighted by molar-refractivity contribution is -0.875. The van der Waals surface area contributed by atoms with Crippen LogP contribution in [0, 0.1) is 0 Å². The van der Waals surface area contributed by atoms with Gasteiger partial charge in [0.1, 0.15) is 6.04 Å². The molecule has 1 aliphatic heterocycles. The monoisotopic (exact) mass is 377 g/mol. The van der Waals surface area contributed by atoms with Crippen molar-refractivity contribution in [1.82, 2.24) is 0 Å². The first-order chi connectivity index (χ1) is 12.8. The number of carboxylic acid groups (broad SMARTS) is 1. The van der Waals surface area contributed by atoms with Crippen LogP contribution < -0.4 is 5.73 Å². The van der Waals surface area contributed by atoms with Crippen molar-refractivity contribution in [3.05, 3.63) is 35.9 Å². The summed E-state index contributed by atoms with van der Waals surface area (Å²) in [5.74, 6) is -2.02. The number of nitrogens with two attached hydrogens (primary N) is 1. The van der Waals surface area contributed by atoms with Crippen LogP contribution in [0.1, 0.15) is 38.7 Å². The van der Waals surface area contributed by atoms with Crippen molar-refractivity contribution in [1.29, 1.82) is 0 Å². The first-order valence-electron chi connectivity index (χ1n) is 9.45. The molecule has 1 heterocycles.